The van der Waals surface area contributed by atoms with E-state index in [0.717, 1.165) is 31.7 Å². The summed E-state index contributed by atoms with van der Waals surface area (Å²) in [7, 11) is 0. The number of para-hydroxylation sites is 1. The number of Topliss-reactive ketones (excluding diaryl/α,β-unsaturated/α-hetero) is 1. The molecule has 1 fully saturated rings. The largest absolute Gasteiger partial charge is 0.334 e. The van der Waals surface area contributed by atoms with Crippen molar-refractivity contribution in [1.29, 1.82) is 0 Å². The number of hydrogen-bond acceptors (Lipinski definition) is 4. The third-order valence-corrected chi connectivity index (χ3v) is 6.24. The van der Waals surface area contributed by atoms with Crippen molar-refractivity contribution >= 4 is 11.7 Å². The smallest absolute Gasteiger partial charge is 0.295 e. The van der Waals surface area contributed by atoms with Gasteiger partial charge in [0.15, 0.2) is 0 Å². The van der Waals surface area contributed by atoms with E-state index in [1.54, 1.807) is 16.5 Å². The number of carbonyl (C=O) groups excluding carboxylic acids is 2. The Labute approximate surface area is 189 Å². The predicted molar refractivity (Wildman–Crippen MR) is 125 cm³/mol. The first-order valence-electron chi connectivity index (χ1n) is 11.2. The molecule has 0 unspecified atom stereocenters. The van der Waals surface area contributed by atoms with E-state index in [9.17, 15) is 9.59 Å². The number of benzene rings is 2. The third-order valence-electron chi connectivity index (χ3n) is 6.24. The molecule has 32 heavy (non-hydrogen) atoms. The van der Waals surface area contributed by atoms with Gasteiger partial charge >= 0.3 is 0 Å². The first kappa shape index (κ1) is 22.0. The van der Waals surface area contributed by atoms with Crippen molar-refractivity contribution in [3.63, 3.8) is 0 Å². The lowest BCUT2D eigenvalue weighted by atomic mass is 10.1. The molecule has 1 saturated heterocycles. The molecule has 0 bridgehead atoms. The molecule has 0 N–H and O–H groups in total. The topological polar surface area (TPSA) is 58.4 Å². The molecule has 1 aromatic heterocycles. The summed E-state index contributed by atoms with van der Waals surface area (Å²) in [6.07, 6.45) is 0.853. The minimum Gasteiger partial charge on any atom is -0.334 e. The highest BCUT2D eigenvalue weighted by atomic mass is 16.2. The highest BCUT2D eigenvalue weighted by Gasteiger charge is 2.30. The summed E-state index contributed by atoms with van der Waals surface area (Å²) in [6, 6.07) is 18.1. The van der Waals surface area contributed by atoms with Gasteiger partial charge in [0.25, 0.3) is 11.7 Å². The Morgan fingerprint density at radius 3 is 2.34 bits per heavy atom. The molecule has 166 valence electrons. The van der Waals surface area contributed by atoms with Crippen LogP contribution >= 0.6 is 0 Å². The van der Waals surface area contributed by atoms with Gasteiger partial charge in [0.2, 0.25) is 0 Å². The van der Waals surface area contributed by atoms with Crippen molar-refractivity contribution in [3.05, 3.63) is 82.7 Å². The lowest BCUT2D eigenvalue weighted by Crippen LogP contribution is -2.39. The minimum absolute atomic E-state index is 0.417. The van der Waals surface area contributed by atoms with Gasteiger partial charge in [-0.25, -0.2) is 4.68 Å². The maximum atomic E-state index is 13.2. The number of amides is 1. The second-order valence-corrected chi connectivity index (χ2v) is 8.47. The highest BCUT2D eigenvalue weighted by molar-refractivity contribution is 6.43. The zero-order valence-corrected chi connectivity index (χ0v) is 19.0. The van der Waals surface area contributed by atoms with E-state index in [4.69, 9.17) is 0 Å². The zero-order chi connectivity index (χ0) is 22.7. The molecule has 0 atom stereocenters. The van der Waals surface area contributed by atoms with E-state index in [1.807, 2.05) is 37.3 Å². The Morgan fingerprint density at radius 1 is 0.875 bits per heavy atom. The van der Waals surface area contributed by atoms with Gasteiger partial charge in [-0.1, -0.05) is 42.5 Å². The molecule has 4 rings (SSSR count). The summed E-state index contributed by atoms with van der Waals surface area (Å²) in [5.41, 5.74) is 5.16. The normalized spacial score (nSPS) is 14.9. The standard InChI is InChI=1S/C26H30N4O2/c1-19-10-7-8-11-22(19)18-28-14-9-15-29(17-16-28)26(32)25(31)24-20(2)27-30(21(24)3)23-12-5-4-6-13-23/h4-8,10-13H,9,14-18H2,1-3H3. The van der Waals surface area contributed by atoms with Crippen LogP contribution in [0.5, 0.6) is 0 Å². The summed E-state index contributed by atoms with van der Waals surface area (Å²) in [5.74, 6) is -0.893. The Kier molecular flexibility index (Phi) is 6.51. The second kappa shape index (κ2) is 9.49. The van der Waals surface area contributed by atoms with Crippen LogP contribution in [0.25, 0.3) is 5.69 Å². The van der Waals surface area contributed by atoms with Gasteiger partial charge in [-0.2, -0.15) is 5.10 Å². The Morgan fingerprint density at radius 2 is 1.59 bits per heavy atom. The number of carbonyl (C=O) groups is 2. The van der Waals surface area contributed by atoms with Crippen LogP contribution in [-0.2, 0) is 11.3 Å². The zero-order valence-electron chi connectivity index (χ0n) is 19.0. The number of hydrogen-bond donors (Lipinski definition) is 0. The van der Waals surface area contributed by atoms with E-state index in [-0.39, 0.29) is 0 Å². The van der Waals surface area contributed by atoms with Crippen molar-refractivity contribution in [2.24, 2.45) is 0 Å². The summed E-state index contributed by atoms with van der Waals surface area (Å²) in [6.45, 7) is 9.46. The highest BCUT2D eigenvalue weighted by Crippen LogP contribution is 2.20. The average Bonchev–Trinajstić information content (AvgIpc) is 2.95. The minimum atomic E-state index is -0.463. The summed E-state index contributed by atoms with van der Waals surface area (Å²) >= 11 is 0. The number of nitrogens with zero attached hydrogens (tertiary/aromatic N) is 4. The van der Waals surface area contributed by atoms with E-state index < -0.39 is 11.7 Å². The molecule has 1 aliphatic heterocycles. The molecule has 2 heterocycles. The molecule has 0 aliphatic carbocycles. The summed E-state index contributed by atoms with van der Waals surface area (Å²) in [4.78, 5) is 30.4. The lowest BCUT2D eigenvalue weighted by molar-refractivity contribution is -0.126. The molecular formula is C26H30N4O2. The average molecular weight is 431 g/mol. The molecule has 6 nitrogen and oxygen atoms in total. The Balaban J connectivity index is 1.46. The van der Waals surface area contributed by atoms with E-state index in [1.165, 1.54) is 11.1 Å². The number of ketones is 1. The van der Waals surface area contributed by atoms with Gasteiger partial charge in [-0.05, 0) is 50.5 Å². The third kappa shape index (κ3) is 4.50. The Hall–Kier alpha value is -3.25. The predicted octanol–water partition coefficient (Wildman–Crippen LogP) is 3.71. The maximum absolute atomic E-state index is 13.2. The summed E-state index contributed by atoms with van der Waals surface area (Å²) < 4.78 is 1.74. The van der Waals surface area contributed by atoms with Crippen LogP contribution in [0.15, 0.2) is 54.6 Å². The van der Waals surface area contributed by atoms with Crippen molar-refractivity contribution in [2.45, 2.75) is 33.7 Å². The fourth-order valence-electron chi connectivity index (χ4n) is 4.40. The van der Waals surface area contributed by atoms with Crippen molar-refractivity contribution in [1.82, 2.24) is 19.6 Å². The molecule has 2 aromatic carbocycles. The van der Waals surface area contributed by atoms with Crippen LogP contribution in [0.3, 0.4) is 0 Å². The molecule has 6 heteroatoms. The molecule has 3 aromatic rings. The fourth-order valence-corrected chi connectivity index (χ4v) is 4.40. The molecule has 1 aliphatic rings. The number of rotatable bonds is 5. The van der Waals surface area contributed by atoms with Crippen LogP contribution in [0.4, 0.5) is 0 Å². The number of aromatic nitrogens is 2. The van der Waals surface area contributed by atoms with Gasteiger partial charge in [0, 0.05) is 32.7 Å². The molecule has 0 radical (unpaired) electrons. The SMILES string of the molecule is Cc1ccccc1CN1CCCN(C(=O)C(=O)c2c(C)nn(-c3ccccc3)c2C)CC1. The van der Waals surface area contributed by atoms with Gasteiger partial charge in [0.1, 0.15) is 0 Å². The molecule has 0 spiro atoms. The van der Waals surface area contributed by atoms with Crippen LogP contribution in [0.2, 0.25) is 0 Å². The maximum Gasteiger partial charge on any atom is 0.295 e. The van der Waals surface area contributed by atoms with Gasteiger partial charge in [-0.15, -0.1) is 0 Å². The van der Waals surface area contributed by atoms with Crippen molar-refractivity contribution in [3.8, 4) is 5.69 Å². The number of aryl methyl sites for hydroxylation is 2. The first-order chi connectivity index (χ1) is 15.5. The van der Waals surface area contributed by atoms with Crippen LogP contribution in [0, 0.1) is 20.8 Å². The fraction of sp³-hybridized carbons (Fsp3) is 0.346. The first-order valence-corrected chi connectivity index (χ1v) is 11.2. The monoisotopic (exact) mass is 430 g/mol. The molecular weight excluding hydrogens is 400 g/mol. The van der Waals surface area contributed by atoms with E-state index in [0.29, 0.717) is 30.0 Å². The summed E-state index contributed by atoms with van der Waals surface area (Å²) in [5, 5.41) is 4.53. The van der Waals surface area contributed by atoms with E-state index in [2.05, 4.69) is 41.2 Å². The lowest BCUT2D eigenvalue weighted by Gasteiger charge is -2.22. The Bertz CT molecular complexity index is 1120. The molecule has 1 amide bonds. The quantitative estimate of drug-likeness (QED) is 0.457. The van der Waals surface area contributed by atoms with Crippen LogP contribution in [-0.4, -0.2) is 57.4 Å². The van der Waals surface area contributed by atoms with Gasteiger partial charge in [-0.3, -0.25) is 14.5 Å². The van der Waals surface area contributed by atoms with Crippen LogP contribution in [0.1, 0.15) is 39.3 Å². The second-order valence-electron chi connectivity index (χ2n) is 8.47. The van der Waals surface area contributed by atoms with Gasteiger partial charge in [0.05, 0.1) is 22.6 Å². The van der Waals surface area contributed by atoms with Gasteiger partial charge < -0.3 is 4.90 Å². The van der Waals surface area contributed by atoms with Crippen molar-refractivity contribution in [2.75, 3.05) is 26.2 Å². The molecule has 0 saturated carbocycles. The van der Waals surface area contributed by atoms with Crippen molar-refractivity contribution < 1.29 is 9.59 Å². The van der Waals surface area contributed by atoms with E-state index >= 15 is 0 Å². The van der Waals surface area contributed by atoms with Crippen LogP contribution < -0.4 is 0 Å².